The van der Waals surface area contributed by atoms with E-state index in [1.54, 1.807) is 0 Å². The summed E-state index contributed by atoms with van der Waals surface area (Å²) in [6.07, 6.45) is 6.23. The third-order valence-corrected chi connectivity index (χ3v) is 2.25. The lowest BCUT2D eigenvalue weighted by molar-refractivity contribution is 0.540. The average molecular weight is 246 g/mol. The zero-order valence-electron chi connectivity index (χ0n) is 7.96. The topological polar surface area (TPSA) is 29.9 Å². The Labute approximate surface area is 87.6 Å². The van der Waals surface area contributed by atoms with E-state index in [2.05, 4.69) is 33.3 Å². The fraction of sp³-hybridized carbons (Fsp3) is 0.667. The lowest BCUT2D eigenvalue weighted by atomic mass is 10.3. The van der Waals surface area contributed by atoms with Crippen LogP contribution in [0.3, 0.4) is 0 Å². The Morgan fingerprint density at radius 1 is 1.54 bits per heavy atom. The predicted molar refractivity (Wildman–Crippen MR) is 57.7 cm³/mol. The van der Waals surface area contributed by atoms with Crippen LogP contribution >= 0.6 is 15.9 Å². The Morgan fingerprint density at radius 2 is 2.38 bits per heavy atom. The van der Waals surface area contributed by atoms with Crippen LogP contribution in [0.5, 0.6) is 0 Å². The molecule has 0 spiro atoms. The van der Waals surface area contributed by atoms with E-state index in [1.807, 2.05) is 17.1 Å². The maximum Gasteiger partial charge on any atom is 0.0632 e. The second-order valence-electron chi connectivity index (χ2n) is 2.98. The van der Waals surface area contributed by atoms with Crippen molar-refractivity contribution in [1.82, 2.24) is 15.1 Å². The van der Waals surface area contributed by atoms with E-state index in [1.165, 1.54) is 12.8 Å². The number of unbranched alkanes of at least 4 members (excludes halogenated alkanes) is 1. The minimum Gasteiger partial charge on any atom is -0.317 e. The van der Waals surface area contributed by atoms with E-state index in [9.17, 15) is 0 Å². The van der Waals surface area contributed by atoms with Crippen molar-refractivity contribution in [3.05, 3.63) is 16.9 Å². The SMILES string of the molecule is CCNCCCCn1cc(Br)cn1. The number of nitrogens with zero attached hydrogens (tertiary/aromatic N) is 2. The molecule has 0 aliphatic carbocycles. The molecule has 1 heterocycles. The highest BCUT2D eigenvalue weighted by Gasteiger charge is 1.94. The smallest absolute Gasteiger partial charge is 0.0632 e. The summed E-state index contributed by atoms with van der Waals surface area (Å²) in [6.45, 7) is 5.31. The van der Waals surface area contributed by atoms with Crippen molar-refractivity contribution < 1.29 is 0 Å². The van der Waals surface area contributed by atoms with Gasteiger partial charge in [-0.15, -0.1) is 0 Å². The monoisotopic (exact) mass is 245 g/mol. The molecule has 0 atom stereocenters. The van der Waals surface area contributed by atoms with E-state index >= 15 is 0 Å². The largest absolute Gasteiger partial charge is 0.317 e. The van der Waals surface area contributed by atoms with Crippen LogP contribution in [0.4, 0.5) is 0 Å². The lowest BCUT2D eigenvalue weighted by Crippen LogP contribution is -2.14. The molecule has 0 aromatic carbocycles. The van der Waals surface area contributed by atoms with Gasteiger partial charge in [0.15, 0.2) is 0 Å². The van der Waals surface area contributed by atoms with Crippen molar-refractivity contribution in [3.63, 3.8) is 0 Å². The quantitative estimate of drug-likeness (QED) is 0.778. The normalized spacial score (nSPS) is 10.6. The van der Waals surface area contributed by atoms with Gasteiger partial charge in [0.25, 0.3) is 0 Å². The molecule has 13 heavy (non-hydrogen) atoms. The molecule has 3 nitrogen and oxygen atoms in total. The van der Waals surface area contributed by atoms with Gasteiger partial charge >= 0.3 is 0 Å². The summed E-state index contributed by atoms with van der Waals surface area (Å²) in [6, 6.07) is 0. The highest BCUT2D eigenvalue weighted by Crippen LogP contribution is 2.06. The average Bonchev–Trinajstić information content (AvgIpc) is 2.51. The first-order valence-electron chi connectivity index (χ1n) is 4.71. The zero-order valence-corrected chi connectivity index (χ0v) is 9.55. The molecule has 4 heteroatoms. The van der Waals surface area contributed by atoms with Crippen LogP contribution in [0, 0.1) is 0 Å². The standard InChI is InChI=1S/C9H16BrN3/c1-2-11-5-3-4-6-13-8-9(10)7-12-13/h7-8,11H,2-6H2,1H3. The fourth-order valence-electron chi connectivity index (χ4n) is 1.16. The van der Waals surface area contributed by atoms with Gasteiger partial charge in [-0.25, -0.2) is 0 Å². The third kappa shape index (κ3) is 4.43. The maximum atomic E-state index is 4.18. The first kappa shape index (κ1) is 10.7. The van der Waals surface area contributed by atoms with Crippen molar-refractivity contribution in [2.45, 2.75) is 26.3 Å². The molecule has 0 amide bonds. The first-order valence-corrected chi connectivity index (χ1v) is 5.51. The number of hydrogen-bond acceptors (Lipinski definition) is 2. The molecular formula is C9H16BrN3. The summed E-state index contributed by atoms with van der Waals surface area (Å²) in [5, 5.41) is 7.48. The number of aromatic nitrogens is 2. The molecule has 0 aliphatic rings. The summed E-state index contributed by atoms with van der Waals surface area (Å²) >= 11 is 3.37. The minimum atomic E-state index is 1.01. The van der Waals surface area contributed by atoms with Crippen LogP contribution in [0.2, 0.25) is 0 Å². The summed E-state index contributed by atoms with van der Waals surface area (Å²) < 4.78 is 3.02. The minimum absolute atomic E-state index is 1.01. The first-order chi connectivity index (χ1) is 6.33. The van der Waals surface area contributed by atoms with E-state index < -0.39 is 0 Å². The van der Waals surface area contributed by atoms with Crippen molar-refractivity contribution in [1.29, 1.82) is 0 Å². The Morgan fingerprint density at radius 3 is 3.00 bits per heavy atom. The highest BCUT2D eigenvalue weighted by molar-refractivity contribution is 9.10. The molecule has 1 aromatic heterocycles. The maximum absolute atomic E-state index is 4.18. The van der Waals surface area contributed by atoms with E-state index in [0.717, 1.165) is 24.1 Å². The molecule has 1 rings (SSSR count). The zero-order chi connectivity index (χ0) is 9.52. The number of halogens is 1. The van der Waals surface area contributed by atoms with Gasteiger partial charge in [0.05, 0.1) is 10.7 Å². The van der Waals surface area contributed by atoms with Crippen molar-refractivity contribution in [2.24, 2.45) is 0 Å². The molecule has 0 bridgehead atoms. The fourth-order valence-corrected chi connectivity index (χ4v) is 1.49. The van der Waals surface area contributed by atoms with Crippen molar-refractivity contribution >= 4 is 15.9 Å². The second kappa shape index (κ2) is 6.16. The van der Waals surface area contributed by atoms with Crippen molar-refractivity contribution in [3.8, 4) is 0 Å². The summed E-state index contributed by atoms with van der Waals surface area (Å²) in [5.74, 6) is 0. The summed E-state index contributed by atoms with van der Waals surface area (Å²) in [5.41, 5.74) is 0. The summed E-state index contributed by atoms with van der Waals surface area (Å²) in [4.78, 5) is 0. The Bertz CT molecular complexity index is 235. The van der Waals surface area contributed by atoms with Gasteiger partial charge in [0, 0.05) is 12.7 Å². The molecule has 0 radical (unpaired) electrons. The van der Waals surface area contributed by atoms with Gasteiger partial charge in [0.1, 0.15) is 0 Å². The number of nitrogens with one attached hydrogen (secondary N) is 1. The Kier molecular flexibility index (Phi) is 5.08. The summed E-state index contributed by atoms with van der Waals surface area (Å²) in [7, 11) is 0. The molecule has 0 saturated carbocycles. The molecule has 0 fully saturated rings. The van der Waals surface area contributed by atoms with Crippen LogP contribution in [0.1, 0.15) is 19.8 Å². The Balaban J connectivity index is 2.06. The van der Waals surface area contributed by atoms with Gasteiger partial charge in [-0.3, -0.25) is 4.68 Å². The predicted octanol–water partition coefficient (Wildman–Crippen LogP) is 2.04. The van der Waals surface area contributed by atoms with Gasteiger partial charge in [-0.1, -0.05) is 6.92 Å². The van der Waals surface area contributed by atoms with Crippen LogP contribution < -0.4 is 5.32 Å². The molecule has 0 saturated heterocycles. The molecule has 74 valence electrons. The van der Waals surface area contributed by atoms with Crippen LogP contribution in [-0.2, 0) is 6.54 Å². The van der Waals surface area contributed by atoms with E-state index in [-0.39, 0.29) is 0 Å². The molecular weight excluding hydrogens is 230 g/mol. The second-order valence-corrected chi connectivity index (χ2v) is 3.90. The highest BCUT2D eigenvalue weighted by atomic mass is 79.9. The lowest BCUT2D eigenvalue weighted by Gasteiger charge is -2.01. The molecule has 0 unspecified atom stereocenters. The molecule has 1 aromatic rings. The van der Waals surface area contributed by atoms with Gasteiger partial charge in [0.2, 0.25) is 0 Å². The van der Waals surface area contributed by atoms with E-state index in [4.69, 9.17) is 0 Å². The molecule has 0 aliphatic heterocycles. The van der Waals surface area contributed by atoms with Crippen molar-refractivity contribution in [2.75, 3.05) is 13.1 Å². The number of rotatable bonds is 6. The number of hydrogen-bond donors (Lipinski definition) is 1. The van der Waals surface area contributed by atoms with Crippen LogP contribution in [0.25, 0.3) is 0 Å². The van der Waals surface area contributed by atoms with Crippen LogP contribution in [0.15, 0.2) is 16.9 Å². The van der Waals surface area contributed by atoms with Crippen LogP contribution in [-0.4, -0.2) is 22.9 Å². The number of aryl methyl sites for hydroxylation is 1. The third-order valence-electron chi connectivity index (χ3n) is 1.84. The Hall–Kier alpha value is -0.350. The molecule has 1 N–H and O–H groups in total. The van der Waals surface area contributed by atoms with Gasteiger partial charge in [-0.05, 0) is 41.9 Å². The van der Waals surface area contributed by atoms with E-state index in [0.29, 0.717) is 0 Å². The van der Waals surface area contributed by atoms with Gasteiger partial charge < -0.3 is 5.32 Å². The van der Waals surface area contributed by atoms with Gasteiger partial charge in [-0.2, -0.15) is 5.10 Å².